The quantitative estimate of drug-likeness (QED) is 0.529. The molecule has 0 saturated heterocycles. The number of para-hydroxylation sites is 3. The normalized spacial score (nSPS) is 24.8. The Morgan fingerprint density at radius 2 is 1.47 bits per heavy atom. The summed E-state index contributed by atoms with van der Waals surface area (Å²) in [5.74, 6) is 1.25. The zero-order valence-corrected chi connectivity index (χ0v) is 17.8. The number of aliphatic imine (C=N–C) groups is 2. The maximum Gasteiger partial charge on any atom is 0.205 e. The van der Waals surface area contributed by atoms with Crippen LogP contribution >= 0.6 is 0 Å². The molecule has 3 aromatic rings. The van der Waals surface area contributed by atoms with Crippen molar-refractivity contribution in [2.45, 2.75) is 37.5 Å². The third-order valence-corrected chi connectivity index (χ3v) is 6.45. The van der Waals surface area contributed by atoms with Gasteiger partial charge in [-0.15, -0.1) is 0 Å². The van der Waals surface area contributed by atoms with Crippen molar-refractivity contribution in [2.75, 3.05) is 0 Å². The second-order valence-electron chi connectivity index (χ2n) is 8.44. The highest BCUT2D eigenvalue weighted by atomic mass is 16.5. The second kappa shape index (κ2) is 8.50. The molecule has 2 aliphatic rings. The summed E-state index contributed by atoms with van der Waals surface area (Å²) in [6.45, 7) is 0. The number of fused-ring (bicyclic) bond motifs is 2. The third-order valence-electron chi connectivity index (χ3n) is 6.45. The predicted octanol–water partition coefficient (Wildman–Crippen LogP) is 5.66. The molecule has 32 heavy (non-hydrogen) atoms. The minimum atomic E-state index is -0.740. The number of hydrogen-bond donors (Lipinski definition) is 2. The van der Waals surface area contributed by atoms with Crippen LogP contribution in [0.15, 0.2) is 82.8 Å². The number of rotatable bonds is 4. The molecule has 1 fully saturated rings. The molecule has 5 heteroatoms. The monoisotopic (exact) mass is 426 g/mol. The highest BCUT2D eigenvalue weighted by molar-refractivity contribution is 5.84. The van der Waals surface area contributed by atoms with Gasteiger partial charge in [0.15, 0.2) is 0 Å². The van der Waals surface area contributed by atoms with E-state index in [4.69, 9.17) is 14.7 Å². The molecule has 1 aliphatic carbocycles. The van der Waals surface area contributed by atoms with Gasteiger partial charge in [0.1, 0.15) is 17.2 Å². The van der Waals surface area contributed by atoms with Crippen molar-refractivity contribution in [3.63, 3.8) is 0 Å². The largest absolute Gasteiger partial charge is 0.507 e. The molecule has 0 amide bonds. The van der Waals surface area contributed by atoms with E-state index in [9.17, 15) is 10.2 Å². The summed E-state index contributed by atoms with van der Waals surface area (Å²) in [6.07, 6.45) is 7.33. The predicted molar refractivity (Wildman–Crippen MR) is 126 cm³/mol. The van der Waals surface area contributed by atoms with E-state index < -0.39 is 5.72 Å². The van der Waals surface area contributed by atoms with Crippen LogP contribution in [-0.4, -0.2) is 28.4 Å². The van der Waals surface area contributed by atoms with E-state index in [0.29, 0.717) is 11.1 Å². The third kappa shape index (κ3) is 3.75. The number of phenols is 2. The van der Waals surface area contributed by atoms with E-state index in [2.05, 4.69) is 6.07 Å². The van der Waals surface area contributed by atoms with E-state index in [-0.39, 0.29) is 23.5 Å². The standard InChI is InChI=1S/C27H26N2O3/c30-23-13-4-1-9-19(23)17-28-26-21-11-3-6-15-25(21)32-27(16-8-7-12-22(26)27)29-18-20-10-2-5-14-24(20)31/h1-6,9-11,13-15,17-18,22,26,30-31H,7-8,12,16H2/t22-,26-,27+/m1/s1. The lowest BCUT2D eigenvalue weighted by Gasteiger charge is -2.47. The summed E-state index contributed by atoms with van der Waals surface area (Å²) in [4.78, 5) is 9.93. The van der Waals surface area contributed by atoms with Gasteiger partial charge in [-0.2, -0.15) is 0 Å². The van der Waals surface area contributed by atoms with Crippen molar-refractivity contribution in [3.05, 3.63) is 89.5 Å². The summed E-state index contributed by atoms with van der Waals surface area (Å²) in [5.41, 5.74) is 1.66. The van der Waals surface area contributed by atoms with Gasteiger partial charge < -0.3 is 14.9 Å². The molecule has 3 aromatic carbocycles. The van der Waals surface area contributed by atoms with Crippen molar-refractivity contribution < 1.29 is 14.9 Å². The van der Waals surface area contributed by atoms with Gasteiger partial charge in [-0.3, -0.25) is 4.99 Å². The summed E-state index contributed by atoms with van der Waals surface area (Å²) in [6, 6.07) is 22.3. The Morgan fingerprint density at radius 1 is 0.812 bits per heavy atom. The van der Waals surface area contributed by atoms with Crippen LogP contribution < -0.4 is 4.74 Å². The van der Waals surface area contributed by atoms with Crippen LogP contribution in [0, 0.1) is 5.92 Å². The van der Waals surface area contributed by atoms with Gasteiger partial charge in [0.25, 0.3) is 0 Å². The summed E-state index contributed by atoms with van der Waals surface area (Å²) in [5, 5.41) is 20.4. The Labute approximate surface area is 187 Å². The van der Waals surface area contributed by atoms with E-state index in [0.717, 1.165) is 37.0 Å². The molecule has 1 saturated carbocycles. The molecule has 1 heterocycles. The molecule has 5 nitrogen and oxygen atoms in total. The zero-order chi connectivity index (χ0) is 22.0. The first-order valence-corrected chi connectivity index (χ1v) is 11.1. The molecule has 2 N–H and O–H groups in total. The van der Waals surface area contributed by atoms with E-state index in [1.807, 2.05) is 42.5 Å². The fraction of sp³-hybridized carbons (Fsp3) is 0.259. The van der Waals surface area contributed by atoms with Gasteiger partial charge in [0.05, 0.1) is 6.04 Å². The van der Waals surface area contributed by atoms with Crippen LogP contribution in [0.4, 0.5) is 0 Å². The second-order valence-corrected chi connectivity index (χ2v) is 8.44. The Balaban J connectivity index is 1.57. The Hall–Kier alpha value is -3.60. The van der Waals surface area contributed by atoms with Crippen LogP contribution in [0.5, 0.6) is 17.2 Å². The smallest absolute Gasteiger partial charge is 0.205 e. The number of benzene rings is 3. The van der Waals surface area contributed by atoms with Crippen molar-refractivity contribution in [3.8, 4) is 17.2 Å². The lowest BCUT2D eigenvalue weighted by molar-refractivity contribution is -0.0426. The molecular formula is C27H26N2O3. The van der Waals surface area contributed by atoms with Gasteiger partial charge in [-0.25, -0.2) is 4.99 Å². The van der Waals surface area contributed by atoms with E-state index in [1.165, 1.54) is 0 Å². The SMILES string of the molecule is Oc1ccccc1C=N[C@@H]1c2ccccc2O[C@@]2(N=Cc3ccccc3O)CCCC[C@H]12. The fourth-order valence-electron chi connectivity index (χ4n) is 4.81. The molecule has 1 aliphatic heterocycles. The van der Waals surface area contributed by atoms with E-state index >= 15 is 0 Å². The Kier molecular flexibility index (Phi) is 5.39. The van der Waals surface area contributed by atoms with Gasteiger partial charge in [0, 0.05) is 41.5 Å². The van der Waals surface area contributed by atoms with Gasteiger partial charge in [-0.1, -0.05) is 48.9 Å². The summed E-state index contributed by atoms with van der Waals surface area (Å²) >= 11 is 0. The number of nitrogens with zero attached hydrogens (tertiary/aromatic N) is 2. The number of hydrogen-bond acceptors (Lipinski definition) is 5. The minimum Gasteiger partial charge on any atom is -0.507 e. The van der Waals surface area contributed by atoms with Crippen molar-refractivity contribution in [1.29, 1.82) is 0 Å². The first-order chi connectivity index (χ1) is 15.7. The first-order valence-electron chi connectivity index (χ1n) is 11.1. The van der Waals surface area contributed by atoms with Crippen LogP contribution in [-0.2, 0) is 0 Å². The fourth-order valence-corrected chi connectivity index (χ4v) is 4.81. The molecule has 0 aromatic heterocycles. The van der Waals surface area contributed by atoms with Gasteiger partial charge in [0.2, 0.25) is 5.72 Å². The number of ether oxygens (including phenoxy) is 1. The van der Waals surface area contributed by atoms with Crippen molar-refractivity contribution >= 4 is 12.4 Å². The molecule has 0 spiro atoms. The zero-order valence-electron chi connectivity index (χ0n) is 17.8. The molecular weight excluding hydrogens is 400 g/mol. The topological polar surface area (TPSA) is 74.4 Å². The summed E-state index contributed by atoms with van der Waals surface area (Å²) in [7, 11) is 0. The number of aromatic hydroxyl groups is 2. The first kappa shape index (κ1) is 20.3. The highest BCUT2D eigenvalue weighted by Crippen LogP contribution is 2.52. The van der Waals surface area contributed by atoms with Crippen LogP contribution in [0.2, 0.25) is 0 Å². The number of phenolic OH excluding ortho intramolecular Hbond substituents is 2. The van der Waals surface area contributed by atoms with Crippen LogP contribution in [0.1, 0.15) is 48.4 Å². The molecule has 0 radical (unpaired) electrons. The lowest BCUT2D eigenvalue weighted by atomic mass is 9.73. The Bertz CT molecular complexity index is 1170. The Morgan fingerprint density at radius 3 is 2.22 bits per heavy atom. The average Bonchev–Trinajstić information content (AvgIpc) is 2.82. The maximum absolute atomic E-state index is 10.2. The molecule has 5 rings (SSSR count). The highest BCUT2D eigenvalue weighted by Gasteiger charge is 2.51. The lowest BCUT2D eigenvalue weighted by Crippen LogP contribution is -2.49. The van der Waals surface area contributed by atoms with Gasteiger partial charge >= 0.3 is 0 Å². The maximum atomic E-state index is 10.2. The van der Waals surface area contributed by atoms with E-state index in [1.54, 1.807) is 36.7 Å². The molecule has 3 atom stereocenters. The van der Waals surface area contributed by atoms with Crippen LogP contribution in [0.25, 0.3) is 0 Å². The molecule has 162 valence electrons. The average molecular weight is 427 g/mol. The molecule has 0 bridgehead atoms. The summed E-state index contributed by atoms with van der Waals surface area (Å²) < 4.78 is 6.59. The van der Waals surface area contributed by atoms with Crippen molar-refractivity contribution in [1.82, 2.24) is 0 Å². The van der Waals surface area contributed by atoms with Gasteiger partial charge in [-0.05, 0) is 43.2 Å². The van der Waals surface area contributed by atoms with Crippen molar-refractivity contribution in [2.24, 2.45) is 15.9 Å². The minimum absolute atomic E-state index is 0.0513. The van der Waals surface area contributed by atoms with Crippen LogP contribution in [0.3, 0.4) is 0 Å². The molecule has 0 unspecified atom stereocenters.